The number of aliphatic carboxylic acids is 1. The Kier molecular flexibility index (Phi) is 2.35. The van der Waals surface area contributed by atoms with Crippen LogP contribution in [-0.4, -0.2) is 22.6 Å². The summed E-state index contributed by atoms with van der Waals surface area (Å²) in [7, 11) is 0. The molecule has 7 atom stereocenters. The standard InChI is InChI=1S/C19H24O4/c1-10-8-18-9-11(10)4-5-12(18)19-7-3-6-17(2,16(22)23-19)14(19)13(18)15(20)21/h11-14H,1,3-9H2,2H3,(H,20,21)/t11?,12-,13?,14?,17+,18?,19-/m1/s1. The van der Waals surface area contributed by atoms with Crippen LogP contribution in [0.5, 0.6) is 0 Å². The summed E-state index contributed by atoms with van der Waals surface area (Å²) in [4.78, 5) is 25.0. The molecule has 4 heteroatoms. The van der Waals surface area contributed by atoms with Crippen LogP contribution in [0.25, 0.3) is 0 Å². The van der Waals surface area contributed by atoms with Crippen LogP contribution in [0, 0.1) is 34.5 Å². The van der Waals surface area contributed by atoms with Gasteiger partial charge in [0.2, 0.25) is 0 Å². The van der Waals surface area contributed by atoms with Crippen molar-refractivity contribution in [3.63, 3.8) is 0 Å². The Balaban J connectivity index is 1.75. The van der Waals surface area contributed by atoms with Gasteiger partial charge in [0.05, 0.1) is 11.3 Å². The normalized spacial score (nSPS) is 56.2. The first kappa shape index (κ1) is 14.1. The minimum atomic E-state index is -0.719. The minimum absolute atomic E-state index is 0.139. The molecule has 4 aliphatic carbocycles. The molecule has 4 saturated carbocycles. The molecule has 0 aromatic carbocycles. The summed E-state index contributed by atoms with van der Waals surface area (Å²) in [5.41, 5.74) is -0.0978. The summed E-state index contributed by atoms with van der Waals surface area (Å²) in [5, 5.41) is 10.2. The van der Waals surface area contributed by atoms with Gasteiger partial charge in [0.15, 0.2) is 0 Å². The highest BCUT2D eigenvalue weighted by molar-refractivity contribution is 5.84. The summed E-state index contributed by atoms with van der Waals surface area (Å²) in [6.07, 6.45) is 6.45. The van der Waals surface area contributed by atoms with Gasteiger partial charge in [0, 0.05) is 11.8 Å². The van der Waals surface area contributed by atoms with Crippen molar-refractivity contribution in [1.29, 1.82) is 0 Å². The Morgan fingerprint density at radius 2 is 2.13 bits per heavy atom. The van der Waals surface area contributed by atoms with Gasteiger partial charge in [-0.1, -0.05) is 12.2 Å². The van der Waals surface area contributed by atoms with Crippen LogP contribution >= 0.6 is 0 Å². The molecule has 1 heterocycles. The lowest BCUT2D eigenvalue weighted by molar-refractivity contribution is -0.160. The summed E-state index contributed by atoms with van der Waals surface area (Å²) in [6, 6.07) is 0. The van der Waals surface area contributed by atoms with Crippen LogP contribution in [0.2, 0.25) is 0 Å². The van der Waals surface area contributed by atoms with Crippen molar-refractivity contribution in [3.05, 3.63) is 12.2 Å². The molecule has 1 N–H and O–H groups in total. The predicted octanol–water partition coefficient (Wildman–Crippen LogP) is 3.17. The van der Waals surface area contributed by atoms with Crippen LogP contribution < -0.4 is 0 Å². The highest BCUT2D eigenvalue weighted by atomic mass is 16.6. The fourth-order valence-electron chi connectivity index (χ4n) is 7.70. The number of carbonyl (C=O) groups excluding carboxylic acids is 1. The number of ether oxygens (including phenoxy) is 1. The maximum atomic E-state index is 12.7. The van der Waals surface area contributed by atoms with Crippen LogP contribution in [0.1, 0.15) is 51.9 Å². The zero-order chi connectivity index (χ0) is 16.2. The minimum Gasteiger partial charge on any atom is -0.481 e. The van der Waals surface area contributed by atoms with Gasteiger partial charge in [0.25, 0.3) is 0 Å². The first-order valence-electron chi connectivity index (χ1n) is 8.99. The van der Waals surface area contributed by atoms with Gasteiger partial charge < -0.3 is 9.84 Å². The van der Waals surface area contributed by atoms with Crippen LogP contribution in [-0.2, 0) is 14.3 Å². The molecule has 0 aromatic heterocycles. The Morgan fingerprint density at radius 1 is 1.35 bits per heavy atom. The lowest BCUT2D eigenvalue weighted by Gasteiger charge is -2.43. The Hall–Kier alpha value is -1.32. The molecule has 1 spiro atoms. The molecular formula is C19H24O4. The number of carboxylic acid groups (broad SMARTS) is 1. The van der Waals surface area contributed by atoms with E-state index < -0.39 is 22.9 Å². The molecule has 4 bridgehead atoms. The van der Waals surface area contributed by atoms with Gasteiger partial charge in [0.1, 0.15) is 5.60 Å². The quantitative estimate of drug-likeness (QED) is 0.596. The van der Waals surface area contributed by atoms with Crippen molar-refractivity contribution in [2.75, 3.05) is 0 Å². The Morgan fingerprint density at radius 3 is 2.87 bits per heavy atom. The highest BCUT2D eigenvalue weighted by Gasteiger charge is 2.81. The van der Waals surface area contributed by atoms with Crippen LogP contribution in [0.15, 0.2) is 12.2 Å². The zero-order valence-electron chi connectivity index (χ0n) is 13.6. The van der Waals surface area contributed by atoms with Gasteiger partial charge >= 0.3 is 11.9 Å². The molecule has 4 unspecified atom stereocenters. The van der Waals surface area contributed by atoms with E-state index in [9.17, 15) is 14.7 Å². The monoisotopic (exact) mass is 316 g/mol. The van der Waals surface area contributed by atoms with Crippen LogP contribution in [0.4, 0.5) is 0 Å². The zero-order valence-corrected chi connectivity index (χ0v) is 13.6. The van der Waals surface area contributed by atoms with E-state index in [0.29, 0.717) is 5.92 Å². The molecule has 5 rings (SSSR count). The average molecular weight is 316 g/mol. The van der Waals surface area contributed by atoms with Crippen molar-refractivity contribution < 1.29 is 19.4 Å². The van der Waals surface area contributed by atoms with Gasteiger partial charge in [-0.2, -0.15) is 0 Å². The lowest BCUT2D eigenvalue weighted by Crippen LogP contribution is -2.47. The molecule has 5 aliphatic rings. The maximum Gasteiger partial charge on any atom is 0.312 e. The maximum absolute atomic E-state index is 12.7. The number of carbonyl (C=O) groups is 2. The van der Waals surface area contributed by atoms with Crippen LogP contribution in [0.3, 0.4) is 0 Å². The molecule has 0 amide bonds. The molecule has 124 valence electrons. The Bertz CT molecular complexity index is 654. The summed E-state index contributed by atoms with van der Waals surface area (Å²) >= 11 is 0. The molecule has 1 saturated heterocycles. The molecule has 0 radical (unpaired) electrons. The third-order valence-electron chi connectivity index (χ3n) is 8.29. The average Bonchev–Trinajstić information content (AvgIpc) is 2.92. The van der Waals surface area contributed by atoms with E-state index in [1.165, 1.54) is 5.57 Å². The second-order valence-corrected chi connectivity index (χ2v) is 9.01. The van der Waals surface area contributed by atoms with Crippen molar-refractivity contribution in [3.8, 4) is 0 Å². The SMILES string of the molecule is C=C1CC23CC1CC[C@H]2[C@@]12CCC[C@](C)(C(=O)O1)C2C3C(=O)O. The topological polar surface area (TPSA) is 63.6 Å². The molecule has 1 aliphatic heterocycles. The smallest absolute Gasteiger partial charge is 0.312 e. The van der Waals surface area contributed by atoms with E-state index in [1.807, 2.05) is 6.92 Å². The van der Waals surface area contributed by atoms with E-state index in [4.69, 9.17) is 4.74 Å². The molecule has 5 fully saturated rings. The predicted molar refractivity (Wildman–Crippen MR) is 82.4 cm³/mol. The van der Waals surface area contributed by atoms with Crippen molar-refractivity contribution in [2.45, 2.75) is 57.5 Å². The van der Waals surface area contributed by atoms with E-state index in [-0.39, 0.29) is 23.2 Å². The van der Waals surface area contributed by atoms with Gasteiger partial charge in [-0.3, -0.25) is 9.59 Å². The van der Waals surface area contributed by atoms with Gasteiger partial charge in [-0.15, -0.1) is 0 Å². The largest absolute Gasteiger partial charge is 0.481 e. The first-order valence-corrected chi connectivity index (χ1v) is 8.99. The number of esters is 1. The second-order valence-electron chi connectivity index (χ2n) is 9.01. The third kappa shape index (κ3) is 1.29. The van der Waals surface area contributed by atoms with E-state index in [2.05, 4.69) is 6.58 Å². The molecule has 0 aromatic rings. The first-order chi connectivity index (χ1) is 10.9. The molecule has 23 heavy (non-hydrogen) atoms. The van der Waals surface area contributed by atoms with Crippen molar-refractivity contribution in [2.24, 2.45) is 34.5 Å². The summed E-state index contributed by atoms with van der Waals surface area (Å²) in [5.74, 6) is -0.771. The number of hydrogen-bond donors (Lipinski definition) is 1. The number of fused-ring (bicyclic) bond motifs is 1. The van der Waals surface area contributed by atoms with Crippen molar-refractivity contribution >= 4 is 11.9 Å². The number of allylic oxidation sites excluding steroid dienone is 1. The van der Waals surface area contributed by atoms with E-state index >= 15 is 0 Å². The number of hydrogen-bond acceptors (Lipinski definition) is 3. The van der Waals surface area contributed by atoms with E-state index in [0.717, 1.165) is 44.9 Å². The summed E-state index contributed by atoms with van der Waals surface area (Å²) < 4.78 is 6.10. The number of carboxylic acids is 1. The van der Waals surface area contributed by atoms with Gasteiger partial charge in [-0.25, -0.2) is 0 Å². The molecular weight excluding hydrogens is 292 g/mol. The second kappa shape index (κ2) is 3.84. The fraction of sp³-hybridized carbons (Fsp3) is 0.789. The third-order valence-corrected chi connectivity index (χ3v) is 8.29. The summed E-state index contributed by atoms with van der Waals surface area (Å²) in [6.45, 7) is 6.22. The number of rotatable bonds is 1. The van der Waals surface area contributed by atoms with Gasteiger partial charge in [-0.05, 0) is 63.2 Å². The highest BCUT2D eigenvalue weighted by Crippen LogP contribution is 2.77. The fourth-order valence-corrected chi connectivity index (χ4v) is 7.70. The molecule has 4 nitrogen and oxygen atoms in total. The van der Waals surface area contributed by atoms with E-state index in [1.54, 1.807) is 0 Å². The Labute approximate surface area is 136 Å². The van der Waals surface area contributed by atoms with Crippen molar-refractivity contribution in [1.82, 2.24) is 0 Å². The lowest BCUT2D eigenvalue weighted by atomic mass is 9.60.